The fourth-order valence-electron chi connectivity index (χ4n) is 3.98. The highest BCUT2D eigenvalue weighted by Gasteiger charge is 2.28. The van der Waals surface area contributed by atoms with Crippen molar-refractivity contribution in [2.75, 3.05) is 52.9 Å². The fraction of sp³-hybridized carbons (Fsp3) is 0.950. The number of likely N-dealkylation sites (tertiary alicyclic amines) is 2. The summed E-state index contributed by atoms with van der Waals surface area (Å²) < 4.78 is 5.67. The van der Waals surface area contributed by atoms with Crippen molar-refractivity contribution in [3.8, 4) is 0 Å². The molecule has 0 radical (unpaired) electrons. The van der Waals surface area contributed by atoms with Crippen molar-refractivity contribution in [1.82, 2.24) is 15.1 Å². The lowest BCUT2D eigenvalue weighted by molar-refractivity contribution is 0.0240. The highest BCUT2D eigenvalue weighted by Crippen LogP contribution is 2.23. The third kappa shape index (κ3) is 7.50. The molecule has 0 saturated carbocycles. The van der Waals surface area contributed by atoms with Crippen LogP contribution in [0.5, 0.6) is 0 Å². The van der Waals surface area contributed by atoms with Gasteiger partial charge in [-0.1, -0.05) is 27.2 Å². The van der Waals surface area contributed by atoms with Gasteiger partial charge in [-0.2, -0.15) is 0 Å². The summed E-state index contributed by atoms with van der Waals surface area (Å²) in [5.74, 6) is 1.85. The summed E-state index contributed by atoms with van der Waals surface area (Å²) in [7, 11) is 1.79. The van der Waals surface area contributed by atoms with Crippen LogP contribution in [0.2, 0.25) is 0 Å². The first-order chi connectivity index (χ1) is 11.9. The highest BCUT2D eigenvalue weighted by molar-refractivity contribution is 14.0. The lowest BCUT2D eigenvalue weighted by Crippen LogP contribution is -2.42. The van der Waals surface area contributed by atoms with Crippen molar-refractivity contribution >= 4 is 29.9 Å². The first kappa shape index (κ1) is 24.0. The number of nitrogens with one attached hydrogen (secondary N) is 1. The third-order valence-corrected chi connectivity index (χ3v) is 5.54. The molecule has 0 aromatic carbocycles. The first-order valence-corrected chi connectivity index (χ1v) is 10.2. The molecule has 2 heterocycles. The molecule has 0 amide bonds. The Kier molecular flexibility index (Phi) is 10.8. The maximum absolute atomic E-state index is 5.67. The maximum atomic E-state index is 5.67. The lowest BCUT2D eigenvalue weighted by Gasteiger charge is -2.30. The number of aliphatic imine (C=N–C) groups is 1. The number of rotatable bonds is 6. The van der Waals surface area contributed by atoms with Gasteiger partial charge in [0.25, 0.3) is 0 Å². The minimum atomic E-state index is 0. The lowest BCUT2D eigenvalue weighted by atomic mass is 9.89. The van der Waals surface area contributed by atoms with E-state index < -0.39 is 0 Å². The molecule has 0 spiro atoms. The number of hydrogen-bond acceptors (Lipinski definition) is 3. The van der Waals surface area contributed by atoms with Gasteiger partial charge in [0.05, 0.1) is 12.6 Å². The van der Waals surface area contributed by atoms with Crippen LogP contribution >= 0.6 is 24.0 Å². The smallest absolute Gasteiger partial charge is 0.194 e. The summed E-state index contributed by atoms with van der Waals surface area (Å²) in [6, 6.07) is 0. The summed E-state index contributed by atoms with van der Waals surface area (Å²) >= 11 is 0. The zero-order chi connectivity index (χ0) is 18.3. The number of piperidine rings is 1. The van der Waals surface area contributed by atoms with E-state index in [-0.39, 0.29) is 35.5 Å². The summed E-state index contributed by atoms with van der Waals surface area (Å²) in [6.45, 7) is 16.5. The molecule has 0 aromatic heterocycles. The molecule has 1 N–H and O–H groups in total. The Morgan fingerprint density at radius 3 is 2.46 bits per heavy atom. The Morgan fingerprint density at radius 2 is 1.88 bits per heavy atom. The van der Waals surface area contributed by atoms with E-state index in [1.165, 1.54) is 45.3 Å². The van der Waals surface area contributed by atoms with E-state index in [2.05, 4.69) is 42.8 Å². The molecule has 2 aliphatic rings. The van der Waals surface area contributed by atoms with E-state index in [1.807, 2.05) is 0 Å². The van der Waals surface area contributed by atoms with Gasteiger partial charge < -0.3 is 19.9 Å². The molecule has 26 heavy (non-hydrogen) atoms. The highest BCUT2D eigenvalue weighted by atomic mass is 127. The van der Waals surface area contributed by atoms with Crippen LogP contribution in [-0.2, 0) is 4.74 Å². The van der Waals surface area contributed by atoms with Crippen LogP contribution in [0.15, 0.2) is 4.99 Å². The molecule has 5 nitrogen and oxygen atoms in total. The van der Waals surface area contributed by atoms with E-state index in [4.69, 9.17) is 9.73 Å². The minimum Gasteiger partial charge on any atom is -0.379 e. The van der Waals surface area contributed by atoms with Gasteiger partial charge in [-0.15, -0.1) is 24.0 Å². The van der Waals surface area contributed by atoms with Crippen LogP contribution < -0.4 is 5.32 Å². The van der Waals surface area contributed by atoms with Gasteiger partial charge in [0, 0.05) is 33.3 Å². The van der Waals surface area contributed by atoms with Crippen molar-refractivity contribution in [3.63, 3.8) is 0 Å². The van der Waals surface area contributed by atoms with Crippen LogP contribution in [0, 0.1) is 11.3 Å². The maximum Gasteiger partial charge on any atom is 0.194 e. The van der Waals surface area contributed by atoms with Crippen molar-refractivity contribution < 1.29 is 4.74 Å². The molecule has 2 aliphatic heterocycles. The largest absolute Gasteiger partial charge is 0.379 e. The molecule has 2 unspecified atom stereocenters. The number of ether oxygens (including phenoxy) is 1. The van der Waals surface area contributed by atoms with Crippen molar-refractivity contribution in [2.45, 2.75) is 59.5 Å². The van der Waals surface area contributed by atoms with E-state index in [0.29, 0.717) is 0 Å². The average molecular weight is 480 g/mol. The molecule has 2 fully saturated rings. The Balaban J connectivity index is 0.00000338. The zero-order valence-corrected chi connectivity index (χ0v) is 19.9. The van der Waals surface area contributed by atoms with E-state index in [0.717, 1.165) is 38.1 Å². The monoisotopic (exact) mass is 480 g/mol. The zero-order valence-electron chi connectivity index (χ0n) is 17.6. The third-order valence-electron chi connectivity index (χ3n) is 5.54. The van der Waals surface area contributed by atoms with Gasteiger partial charge in [-0.05, 0) is 50.6 Å². The number of guanidine groups is 1. The summed E-state index contributed by atoms with van der Waals surface area (Å²) in [5, 5.41) is 3.49. The second-order valence-corrected chi connectivity index (χ2v) is 8.75. The molecule has 2 saturated heterocycles. The standard InChI is InChI=1S/C20H40N4O.HI/c1-6-21-19(22-14-18(25-5)20(2,3)4)24-13-10-17(16-24)15-23-11-8-7-9-12-23;/h17-18H,6-16H2,1-5H3,(H,21,22);1H. The molecule has 2 atom stereocenters. The number of nitrogens with zero attached hydrogens (tertiary/aromatic N) is 3. The summed E-state index contributed by atoms with van der Waals surface area (Å²) in [5.41, 5.74) is 0.109. The Bertz CT molecular complexity index is 419. The van der Waals surface area contributed by atoms with Gasteiger partial charge >= 0.3 is 0 Å². The van der Waals surface area contributed by atoms with Gasteiger partial charge in [-0.3, -0.25) is 4.99 Å². The summed E-state index contributed by atoms with van der Waals surface area (Å²) in [4.78, 5) is 10.0. The number of methoxy groups -OCH3 is 1. The SMILES string of the molecule is CCNC(=NCC(OC)C(C)(C)C)N1CCC(CN2CCCCC2)C1.I. The summed E-state index contributed by atoms with van der Waals surface area (Å²) in [6.07, 6.45) is 5.61. The molecule has 2 rings (SSSR count). The molecular weight excluding hydrogens is 439 g/mol. The van der Waals surface area contributed by atoms with E-state index >= 15 is 0 Å². The van der Waals surface area contributed by atoms with Gasteiger partial charge in [0.2, 0.25) is 0 Å². The second kappa shape index (κ2) is 11.7. The number of hydrogen-bond donors (Lipinski definition) is 1. The molecule has 0 bridgehead atoms. The van der Waals surface area contributed by atoms with Gasteiger partial charge in [-0.25, -0.2) is 0 Å². The molecular formula is C20H41IN4O. The predicted octanol–water partition coefficient (Wildman–Crippen LogP) is 3.44. The topological polar surface area (TPSA) is 40.1 Å². The van der Waals surface area contributed by atoms with Crippen LogP contribution in [0.25, 0.3) is 0 Å². The van der Waals surface area contributed by atoms with Crippen molar-refractivity contribution in [3.05, 3.63) is 0 Å². The van der Waals surface area contributed by atoms with Gasteiger partial charge in [0.1, 0.15) is 0 Å². The predicted molar refractivity (Wildman–Crippen MR) is 122 cm³/mol. The van der Waals surface area contributed by atoms with Gasteiger partial charge in [0.15, 0.2) is 5.96 Å². The van der Waals surface area contributed by atoms with Crippen molar-refractivity contribution in [2.24, 2.45) is 16.3 Å². The average Bonchev–Trinajstić information content (AvgIpc) is 3.02. The molecule has 154 valence electrons. The minimum absolute atomic E-state index is 0. The Labute approximate surface area is 178 Å². The normalized spacial score (nSPS) is 23.7. The molecule has 6 heteroatoms. The Morgan fingerprint density at radius 1 is 1.19 bits per heavy atom. The van der Waals surface area contributed by atoms with Crippen LogP contribution in [0.4, 0.5) is 0 Å². The fourth-order valence-corrected chi connectivity index (χ4v) is 3.98. The van der Waals surface area contributed by atoms with Crippen molar-refractivity contribution in [1.29, 1.82) is 0 Å². The number of halogens is 1. The van der Waals surface area contributed by atoms with E-state index in [9.17, 15) is 0 Å². The van der Waals surface area contributed by atoms with Crippen LogP contribution in [-0.4, -0.2) is 74.8 Å². The van der Waals surface area contributed by atoms with Crippen LogP contribution in [0.3, 0.4) is 0 Å². The molecule has 0 aromatic rings. The quantitative estimate of drug-likeness (QED) is 0.359. The molecule has 0 aliphatic carbocycles. The Hall–Kier alpha value is -0.0800. The first-order valence-electron chi connectivity index (χ1n) is 10.2. The van der Waals surface area contributed by atoms with E-state index in [1.54, 1.807) is 7.11 Å². The second-order valence-electron chi connectivity index (χ2n) is 8.75. The van der Waals surface area contributed by atoms with Crippen LogP contribution in [0.1, 0.15) is 53.4 Å².